The van der Waals surface area contributed by atoms with Crippen molar-refractivity contribution < 1.29 is 14.7 Å². The monoisotopic (exact) mass is 328 g/mol. The number of benzene rings is 1. The molecular formula is C18H20N2O4. The third-order valence-corrected chi connectivity index (χ3v) is 3.66. The maximum atomic E-state index is 12.5. The molecule has 0 fully saturated rings. The molecule has 0 saturated carbocycles. The molecule has 2 rings (SSSR count). The van der Waals surface area contributed by atoms with Gasteiger partial charge in [0.05, 0.1) is 5.69 Å². The lowest BCUT2D eigenvalue weighted by Gasteiger charge is -2.17. The molecule has 0 spiro atoms. The van der Waals surface area contributed by atoms with E-state index in [4.69, 9.17) is 0 Å². The van der Waals surface area contributed by atoms with Crippen molar-refractivity contribution in [1.82, 2.24) is 9.78 Å². The van der Waals surface area contributed by atoms with Crippen LogP contribution in [0.3, 0.4) is 0 Å². The van der Waals surface area contributed by atoms with Crippen LogP contribution in [-0.2, 0) is 6.42 Å². The number of rotatable bonds is 4. The quantitative estimate of drug-likeness (QED) is 0.872. The van der Waals surface area contributed by atoms with Gasteiger partial charge in [0, 0.05) is 5.41 Å². The second kappa shape index (κ2) is 6.39. The van der Waals surface area contributed by atoms with Crippen LogP contribution in [0.5, 0.6) is 0 Å². The number of para-hydroxylation sites is 1. The molecule has 1 heterocycles. The Labute approximate surface area is 139 Å². The van der Waals surface area contributed by atoms with Crippen LogP contribution in [-0.4, -0.2) is 26.6 Å². The van der Waals surface area contributed by atoms with Crippen LogP contribution < -0.4 is 5.56 Å². The summed E-state index contributed by atoms with van der Waals surface area (Å²) in [5.41, 5.74) is -0.683. The van der Waals surface area contributed by atoms with E-state index in [0.717, 1.165) is 16.3 Å². The van der Waals surface area contributed by atoms with Gasteiger partial charge in [-0.25, -0.2) is 4.79 Å². The van der Waals surface area contributed by atoms with Crippen molar-refractivity contribution >= 4 is 11.8 Å². The number of aryl methyl sites for hydroxylation is 1. The molecule has 2 aromatic rings. The fourth-order valence-electron chi connectivity index (χ4n) is 2.32. The van der Waals surface area contributed by atoms with E-state index in [1.54, 1.807) is 32.9 Å². The third kappa shape index (κ3) is 3.27. The van der Waals surface area contributed by atoms with Gasteiger partial charge in [-0.3, -0.25) is 9.59 Å². The molecular weight excluding hydrogens is 308 g/mol. The maximum absolute atomic E-state index is 12.5. The Morgan fingerprint density at radius 2 is 1.83 bits per heavy atom. The van der Waals surface area contributed by atoms with E-state index in [9.17, 15) is 19.5 Å². The van der Waals surface area contributed by atoms with Crippen LogP contribution in [0.4, 0.5) is 0 Å². The van der Waals surface area contributed by atoms with Crippen molar-refractivity contribution in [2.45, 2.75) is 34.1 Å². The number of aromatic nitrogens is 2. The van der Waals surface area contributed by atoms with Gasteiger partial charge in [-0.05, 0) is 24.1 Å². The van der Waals surface area contributed by atoms with Crippen molar-refractivity contribution in [1.29, 1.82) is 0 Å². The molecule has 0 aliphatic carbocycles. The van der Waals surface area contributed by atoms with Crippen LogP contribution >= 0.6 is 0 Å². The Kier molecular flexibility index (Phi) is 4.68. The molecule has 0 aliphatic rings. The molecule has 1 aromatic carbocycles. The minimum atomic E-state index is -1.38. The van der Waals surface area contributed by atoms with Crippen LogP contribution in [0.25, 0.3) is 5.69 Å². The summed E-state index contributed by atoms with van der Waals surface area (Å²) in [6.07, 6.45) is 0.643. The lowest BCUT2D eigenvalue weighted by Crippen LogP contribution is -2.32. The summed E-state index contributed by atoms with van der Waals surface area (Å²) in [7, 11) is 0. The van der Waals surface area contributed by atoms with Crippen molar-refractivity contribution in [2.24, 2.45) is 5.41 Å². The van der Waals surface area contributed by atoms with Gasteiger partial charge >= 0.3 is 5.97 Å². The Hall–Kier alpha value is -2.76. The highest BCUT2D eigenvalue weighted by atomic mass is 16.4. The van der Waals surface area contributed by atoms with E-state index in [0.29, 0.717) is 12.1 Å². The molecule has 0 unspecified atom stereocenters. The Bertz CT molecular complexity index is 860. The van der Waals surface area contributed by atoms with E-state index in [-0.39, 0.29) is 11.5 Å². The highest BCUT2D eigenvalue weighted by Crippen LogP contribution is 2.20. The first-order valence-electron chi connectivity index (χ1n) is 7.67. The lowest BCUT2D eigenvalue weighted by atomic mass is 9.88. The number of carbonyl (C=O) groups is 2. The van der Waals surface area contributed by atoms with Gasteiger partial charge in [0.2, 0.25) is 0 Å². The molecule has 126 valence electrons. The summed E-state index contributed by atoms with van der Waals surface area (Å²) in [4.78, 5) is 36.5. The van der Waals surface area contributed by atoms with Gasteiger partial charge in [-0.15, -0.1) is 0 Å². The zero-order chi connectivity index (χ0) is 18.1. The Morgan fingerprint density at radius 1 is 1.21 bits per heavy atom. The van der Waals surface area contributed by atoms with Gasteiger partial charge in [0.15, 0.2) is 5.78 Å². The number of ketones is 1. The average Bonchev–Trinajstić information content (AvgIpc) is 2.53. The van der Waals surface area contributed by atoms with Crippen molar-refractivity contribution in [3.63, 3.8) is 0 Å². The highest BCUT2D eigenvalue weighted by molar-refractivity contribution is 5.99. The van der Waals surface area contributed by atoms with E-state index in [2.05, 4.69) is 5.10 Å². The van der Waals surface area contributed by atoms with E-state index in [1.807, 2.05) is 19.1 Å². The van der Waals surface area contributed by atoms with Gasteiger partial charge in [-0.1, -0.05) is 45.9 Å². The second-order valence-electron chi connectivity index (χ2n) is 6.53. The minimum Gasteiger partial charge on any atom is -0.477 e. The fraction of sp³-hybridized carbons (Fsp3) is 0.333. The number of carboxylic acids is 1. The summed E-state index contributed by atoms with van der Waals surface area (Å²) >= 11 is 0. The Morgan fingerprint density at radius 3 is 2.38 bits per heavy atom. The molecule has 0 radical (unpaired) electrons. The number of hydrogen-bond donors (Lipinski definition) is 1. The van der Waals surface area contributed by atoms with Crippen molar-refractivity contribution in [2.75, 3.05) is 0 Å². The smallest absolute Gasteiger partial charge is 0.341 e. The number of aromatic carboxylic acids is 1. The number of carboxylic acid groups (broad SMARTS) is 1. The predicted octanol–water partition coefficient (Wildman–Crippen LogP) is 2.72. The minimum absolute atomic E-state index is 0.0367. The fourth-order valence-corrected chi connectivity index (χ4v) is 2.32. The first kappa shape index (κ1) is 17.6. The molecule has 1 aromatic heterocycles. The number of hydrogen-bond acceptors (Lipinski definition) is 4. The number of carbonyl (C=O) groups excluding carboxylic acids is 1. The molecule has 0 amide bonds. The lowest BCUT2D eigenvalue weighted by molar-refractivity contribution is 0.0694. The molecule has 0 bridgehead atoms. The highest BCUT2D eigenvalue weighted by Gasteiger charge is 2.27. The number of Topliss-reactive ketones (excluding diaryl/α,β-unsaturated/α-hetero) is 1. The van der Waals surface area contributed by atoms with Crippen molar-refractivity contribution in [3.05, 3.63) is 57.5 Å². The van der Waals surface area contributed by atoms with Crippen LogP contribution in [0.2, 0.25) is 0 Å². The summed E-state index contributed by atoms with van der Waals surface area (Å²) in [5.74, 6) is -1.71. The molecule has 1 N–H and O–H groups in total. The van der Waals surface area contributed by atoms with Gasteiger partial charge in [0.25, 0.3) is 5.56 Å². The van der Waals surface area contributed by atoms with E-state index in [1.165, 1.54) is 0 Å². The van der Waals surface area contributed by atoms with Crippen molar-refractivity contribution in [3.8, 4) is 5.69 Å². The van der Waals surface area contributed by atoms with Crippen LogP contribution in [0.15, 0.2) is 35.1 Å². The normalized spacial score (nSPS) is 11.3. The van der Waals surface area contributed by atoms with E-state index < -0.39 is 22.5 Å². The zero-order valence-electron chi connectivity index (χ0n) is 14.2. The second-order valence-corrected chi connectivity index (χ2v) is 6.53. The van der Waals surface area contributed by atoms with Gasteiger partial charge in [-0.2, -0.15) is 9.78 Å². The summed E-state index contributed by atoms with van der Waals surface area (Å²) in [5, 5.41) is 13.5. The first-order valence-corrected chi connectivity index (χ1v) is 7.67. The molecule has 0 saturated heterocycles. The zero-order valence-corrected chi connectivity index (χ0v) is 14.2. The molecule has 24 heavy (non-hydrogen) atoms. The van der Waals surface area contributed by atoms with E-state index >= 15 is 0 Å². The van der Waals surface area contributed by atoms with Crippen LogP contribution in [0.1, 0.15) is 54.1 Å². The third-order valence-electron chi connectivity index (χ3n) is 3.66. The average molecular weight is 328 g/mol. The number of nitrogens with zero attached hydrogens (tertiary/aromatic N) is 2. The summed E-state index contributed by atoms with van der Waals surface area (Å²) < 4.78 is 1.02. The molecule has 0 atom stereocenters. The topological polar surface area (TPSA) is 89.3 Å². The standard InChI is InChI=1S/C18H20N2O4/c1-5-11-8-6-7-9-14(11)20-16(22)12(17(23)24)10-13(19-20)15(21)18(2,3)4/h6-10H,5H2,1-4H3,(H,23,24). The predicted molar refractivity (Wildman–Crippen MR) is 90.0 cm³/mol. The first-order chi connectivity index (χ1) is 11.2. The SMILES string of the molecule is CCc1ccccc1-n1nc(C(=O)C(C)(C)C)cc(C(=O)O)c1=O. The van der Waals surface area contributed by atoms with Gasteiger partial charge in [0.1, 0.15) is 11.3 Å². The summed E-state index contributed by atoms with van der Waals surface area (Å²) in [6, 6.07) is 8.15. The van der Waals surface area contributed by atoms with Gasteiger partial charge < -0.3 is 5.11 Å². The molecule has 6 heteroatoms. The van der Waals surface area contributed by atoms with Crippen LogP contribution in [0, 0.1) is 5.41 Å². The largest absolute Gasteiger partial charge is 0.477 e. The summed E-state index contributed by atoms with van der Waals surface area (Å²) in [6.45, 7) is 7.07. The Balaban J connectivity index is 2.81. The molecule has 0 aliphatic heterocycles. The molecule has 6 nitrogen and oxygen atoms in total. The maximum Gasteiger partial charge on any atom is 0.341 e.